The van der Waals surface area contributed by atoms with Crippen LogP contribution in [0.15, 0.2) is 218 Å². The second kappa shape index (κ2) is 13.4. The van der Waals surface area contributed by atoms with Gasteiger partial charge in [0.2, 0.25) is 0 Å². The second-order valence-electron chi connectivity index (χ2n) is 13.7. The summed E-state index contributed by atoms with van der Waals surface area (Å²) in [4.78, 5) is 2.44. The van der Waals surface area contributed by atoms with Crippen LogP contribution in [0.2, 0.25) is 0 Å². The first kappa shape index (κ1) is 31.6. The zero-order valence-electron chi connectivity index (χ0n) is 29.7. The first-order valence-electron chi connectivity index (χ1n) is 18.5. The molecular weight excluding hydrogens is 653 g/mol. The van der Waals surface area contributed by atoms with Crippen molar-refractivity contribution < 1.29 is 0 Å². The molecule has 1 heterocycles. The van der Waals surface area contributed by atoms with Crippen LogP contribution in [0, 0.1) is 0 Å². The summed E-state index contributed by atoms with van der Waals surface area (Å²) >= 11 is 0. The molecule has 0 fully saturated rings. The van der Waals surface area contributed by atoms with Crippen LogP contribution in [0.4, 0.5) is 17.1 Å². The van der Waals surface area contributed by atoms with Crippen molar-refractivity contribution in [3.8, 4) is 39.1 Å². The number of hydrogen-bond donors (Lipinski definition) is 0. The molecule has 0 amide bonds. The molecule has 0 radical (unpaired) electrons. The van der Waals surface area contributed by atoms with Gasteiger partial charge >= 0.3 is 0 Å². The summed E-state index contributed by atoms with van der Waals surface area (Å²) in [6.45, 7) is 0. The first-order chi connectivity index (χ1) is 26.8. The van der Waals surface area contributed by atoms with Crippen molar-refractivity contribution in [1.29, 1.82) is 0 Å². The third-order valence-electron chi connectivity index (χ3n) is 10.6. The molecule has 0 saturated carbocycles. The monoisotopic (exact) mass is 688 g/mol. The summed E-state index contributed by atoms with van der Waals surface area (Å²) in [5.74, 6) is 0. The molecule has 254 valence electrons. The number of fused-ring (bicyclic) bond motifs is 4. The Morgan fingerprint density at radius 3 is 1.67 bits per heavy atom. The quantitative estimate of drug-likeness (QED) is 0.162. The topological polar surface area (TPSA) is 8.17 Å². The fraction of sp³-hybridized carbons (Fsp3) is 0. The number of benzene rings is 9. The van der Waals surface area contributed by atoms with E-state index in [0.717, 1.165) is 28.3 Å². The molecule has 0 N–H and O–H groups in total. The maximum atomic E-state index is 2.44. The number of aromatic nitrogens is 1. The van der Waals surface area contributed by atoms with Crippen molar-refractivity contribution in [2.45, 2.75) is 0 Å². The van der Waals surface area contributed by atoms with Crippen LogP contribution in [-0.4, -0.2) is 4.57 Å². The van der Waals surface area contributed by atoms with Gasteiger partial charge in [-0.3, -0.25) is 0 Å². The highest BCUT2D eigenvalue weighted by molar-refractivity contribution is 6.11. The second-order valence-corrected chi connectivity index (χ2v) is 13.7. The molecule has 1 aromatic heterocycles. The lowest BCUT2D eigenvalue weighted by Gasteiger charge is -2.29. The van der Waals surface area contributed by atoms with E-state index in [4.69, 9.17) is 0 Å². The lowest BCUT2D eigenvalue weighted by Crippen LogP contribution is -2.12. The normalized spacial score (nSPS) is 11.3. The third kappa shape index (κ3) is 5.44. The molecule has 10 rings (SSSR count). The molecule has 0 atom stereocenters. The summed E-state index contributed by atoms with van der Waals surface area (Å²) in [5.41, 5.74) is 13.9. The number of nitrogens with zero attached hydrogens (tertiary/aromatic N) is 2. The summed E-state index contributed by atoms with van der Waals surface area (Å²) in [5, 5.41) is 4.95. The minimum atomic E-state index is 1.09. The average molecular weight is 689 g/mol. The maximum Gasteiger partial charge on any atom is 0.0561 e. The van der Waals surface area contributed by atoms with Crippen molar-refractivity contribution >= 4 is 49.6 Å². The Labute approximate surface area is 315 Å². The van der Waals surface area contributed by atoms with E-state index in [2.05, 4.69) is 228 Å². The standard InChI is InChI=1S/C52H36N2/c1-4-17-38(18-5-1)44-26-12-14-29-50(44)53(42-32-34-48-47-27-13-15-30-51(47)54(52(48)36-42)40-23-8-3-9-24-40)41-31-33-46(49(35-41)39-19-6-2-7-20-39)45-28-16-22-37-21-10-11-25-43(37)45/h1-36H. The molecule has 0 spiro atoms. The predicted octanol–water partition coefficient (Wildman–Crippen LogP) is 14.4. The summed E-state index contributed by atoms with van der Waals surface area (Å²) < 4.78 is 2.40. The van der Waals surface area contributed by atoms with Crippen molar-refractivity contribution in [3.05, 3.63) is 218 Å². The lowest BCUT2D eigenvalue weighted by molar-refractivity contribution is 1.18. The van der Waals surface area contributed by atoms with Crippen molar-refractivity contribution in [1.82, 2.24) is 4.57 Å². The van der Waals surface area contributed by atoms with E-state index in [9.17, 15) is 0 Å². The molecule has 2 nitrogen and oxygen atoms in total. The van der Waals surface area contributed by atoms with E-state index in [0.29, 0.717) is 0 Å². The zero-order chi connectivity index (χ0) is 35.8. The van der Waals surface area contributed by atoms with Crippen LogP contribution in [0.3, 0.4) is 0 Å². The van der Waals surface area contributed by atoms with Gasteiger partial charge in [0.1, 0.15) is 0 Å². The molecule has 0 unspecified atom stereocenters. The van der Waals surface area contributed by atoms with Gasteiger partial charge in [0.15, 0.2) is 0 Å². The van der Waals surface area contributed by atoms with Crippen LogP contribution in [0.1, 0.15) is 0 Å². The minimum Gasteiger partial charge on any atom is -0.310 e. The number of rotatable bonds is 7. The Hall–Kier alpha value is -7.16. The van der Waals surface area contributed by atoms with Crippen LogP contribution in [0.5, 0.6) is 0 Å². The van der Waals surface area contributed by atoms with Gasteiger partial charge in [-0.25, -0.2) is 0 Å². The van der Waals surface area contributed by atoms with E-state index >= 15 is 0 Å². The molecule has 0 bridgehead atoms. The van der Waals surface area contributed by atoms with Gasteiger partial charge in [-0.05, 0) is 87.1 Å². The van der Waals surface area contributed by atoms with Gasteiger partial charge < -0.3 is 9.47 Å². The lowest BCUT2D eigenvalue weighted by atomic mass is 9.90. The minimum absolute atomic E-state index is 1.09. The van der Waals surface area contributed by atoms with E-state index in [1.165, 1.54) is 60.4 Å². The Kier molecular flexibility index (Phi) is 7.85. The van der Waals surface area contributed by atoms with Gasteiger partial charge in [0.05, 0.1) is 16.7 Å². The van der Waals surface area contributed by atoms with Crippen molar-refractivity contribution in [2.24, 2.45) is 0 Å². The molecule has 2 heteroatoms. The maximum absolute atomic E-state index is 2.44. The molecule has 0 aliphatic heterocycles. The Balaban J connectivity index is 1.26. The summed E-state index contributed by atoms with van der Waals surface area (Å²) in [6.07, 6.45) is 0. The van der Waals surface area contributed by atoms with E-state index in [-0.39, 0.29) is 0 Å². The zero-order valence-corrected chi connectivity index (χ0v) is 29.7. The molecule has 0 aliphatic rings. The van der Waals surface area contributed by atoms with Crippen LogP contribution in [0.25, 0.3) is 71.6 Å². The van der Waals surface area contributed by atoms with Gasteiger partial charge in [0.25, 0.3) is 0 Å². The molecule has 0 aliphatic carbocycles. The van der Waals surface area contributed by atoms with Gasteiger partial charge in [-0.15, -0.1) is 0 Å². The number of hydrogen-bond acceptors (Lipinski definition) is 1. The van der Waals surface area contributed by atoms with Gasteiger partial charge in [0, 0.05) is 33.4 Å². The summed E-state index contributed by atoms with van der Waals surface area (Å²) in [7, 11) is 0. The fourth-order valence-corrected chi connectivity index (χ4v) is 8.13. The predicted molar refractivity (Wildman–Crippen MR) is 229 cm³/mol. The van der Waals surface area contributed by atoms with Crippen LogP contribution < -0.4 is 4.90 Å². The van der Waals surface area contributed by atoms with E-state index < -0.39 is 0 Å². The Morgan fingerprint density at radius 2 is 0.870 bits per heavy atom. The highest BCUT2D eigenvalue weighted by Crippen LogP contribution is 2.46. The smallest absolute Gasteiger partial charge is 0.0561 e. The third-order valence-corrected chi connectivity index (χ3v) is 10.6. The Bertz CT molecular complexity index is 2920. The molecular formula is C52H36N2. The van der Waals surface area contributed by atoms with E-state index in [1.807, 2.05) is 0 Å². The SMILES string of the molecule is c1ccc(-c2cc(N(c3ccc4c5ccccc5n(-c5ccccc5)c4c3)c3ccccc3-c3ccccc3)ccc2-c2cccc3ccccc23)cc1. The highest BCUT2D eigenvalue weighted by atomic mass is 15.1. The average Bonchev–Trinajstić information content (AvgIpc) is 3.58. The van der Waals surface area contributed by atoms with Crippen molar-refractivity contribution in [2.75, 3.05) is 4.90 Å². The largest absolute Gasteiger partial charge is 0.310 e. The molecule has 9 aromatic carbocycles. The number of para-hydroxylation sites is 3. The summed E-state index contributed by atoms with van der Waals surface area (Å²) in [6, 6.07) is 79.0. The highest BCUT2D eigenvalue weighted by Gasteiger charge is 2.22. The van der Waals surface area contributed by atoms with Gasteiger partial charge in [-0.2, -0.15) is 0 Å². The van der Waals surface area contributed by atoms with E-state index in [1.54, 1.807) is 0 Å². The number of anilines is 3. The van der Waals surface area contributed by atoms with Crippen LogP contribution >= 0.6 is 0 Å². The van der Waals surface area contributed by atoms with Crippen LogP contribution in [-0.2, 0) is 0 Å². The fourth-order valence-electron chi connectivity index (χ4n) is 8.13. The Morgan fingerprint density at radius 1 is 0.315 bits per heavy atom. The molecule has 0 saturated heterocycles. The van der Waals surface area contributed by atoms with Crippen molar-refractivity contribution in [3.63, 3.8) is 0 Å². The molecule has 10 aromatic rings. The molecule has 54 heavy (non-hydrogen) atoms. The van der Waals surface area contributed by atoms with Gasteiger partial charge in [-0.1, -0.05) is 170 Å². The first-order valence-corrected chi connectivity index (χ1v) is 18.5.